The topological polar surface area (TPSA) is 69.7 Å². The zero-order valence-electron chi connectivity index (χ0n) is 27.8. The van der Waals surface area contributed by atoms with Gasteiger partial charge in [0, 0.05) is 12.8 Å². The van der Waals surface area contributed by atoms with Gasteiger partial charge in [0.15, 0.2) is 5.78 Å². The number of benzene rings is 1. The molecule has 0 heterocycles. The molecule has 9 atom stereocenters. The van der Waals surface area contributed by atoms with Crippen molar-refractivity contribution in [2.24, 2.45) is 45.8 Å². The molecular weight excluding hydrogens is 536 g/mol. The number of hydrogen-bond acceptors (Lipinski definition) is 5. The molecule has 0 bridgehead atoms. The summed E-state index contributed by atoms with van der Waals surface area (Å²) in [4.78, 5) is 38.8. The molecule has 4 aliphatic rings. The smallest absolute Gasteiger partial charge is 0.338 e. The second-order valence-corrected chi connectivity index (χ2v) is 16.0. The van der Waals surface area contributed by atoms with E-state index in [9.17, 15) is 14.4 Å². The highest BCUT2D eigenvalue weighted by Gasteiger charge is 2.65. The maximum Gasteiger partial charge on any atom is 0.338 e. The molecule has 0 amide bonds. The van der Waals surface area contributed by atoms with Crippen LogP contribution in [-0.4, -0.2) is 29.4 Å². The van der Waals surface area contributed by atoms with Crippen LogP contribution in [-0.2, 0) is 19.1 Å². The number of rotatable bonds is 8. The van der Waals surface area contributed by atoms with Crippen molar-refractivity contribution in [3.05, 3.63) is 47.5 Å². The summed E-state index contributed by atoms with van der Waals surface area (Å²) in [7, 11) is 0. The van der Waals surface area contributed by atoms with Gasteiger partial charge < -0.3 is 9.47 Å². The second-order valence-electron chi connectivity index (χ2n) is 16.0. The van der Waals surface area contributed by atoms with E-state index in [1.807, 2.05) is 32.0 Å². The predicted octanol–water partition coefficient (Wildman–Crippen LogP) is 8.75. The number of ether oxygens (including phenoxy) is 2. The molecule has 1 aromatic rings. The lowest BCUT2D eigenvalue weighted by molar-refractivity contribution is -0.153. The minimum atomic E-state index is -0.700. The molecule has 0 spiro atoms. The van der Waals surface area contributed by atoms with Crippen molar-refractivity contribution in [1.29, 1.82) is 0 Å². The van der Waals surface area contributed by atoms with Crippen LogP contribution in [0.5, 0.6) is 0 Å². The van der Waals surface area contributed by atoms with E-state index in [0.717, 1.165) is 38.5 Å². The van der Waals surface area contributed by atoms with Crippen LogP contribution >= 0.6 is 0 Å². The molecule has 0 aliphatic heterocycles. The van der Waals surface area contributed by atoms with Gasteiger partial charge in [0.25, 0.3) is 0 Å². The Hall–Kier alpha value is -2.43. The molecule has 5 rings (SSSR count). The van der Waals surface area contributed by atoms with Crippen molar-refractivity contribution in [2.45, 2.75) is 125 Å². The molecule has 0 radical (unpaired) electrons. The molecule has 5 heteroatoms. The highest BCUT2D eigenvalue weighted by atomic mass is 16.6. The first kappa shape index (κ1) is 32.0. The quantitative estimate of drug-likeness (QED) is 0.283. The Balaban J connectivity index is 1.34. The third-order valence-corrected chi connectivity index (χ3v) is 13.0. The number of allylic oxidation sites excluding steroid dienone is 2. The van der Waals surface area contributed by atoms with Crippen LogP contribution < -0.4 is 0 Å². The third-order valence-electron chi connectivity index (χ3n) is 13.0. The maximum absolute atomic E-state index is 13.7. The molecule has 0 N–H and O–H groups in total. The van der Waals surface area contributed by atoms with Crippen molar-refractivity contribution >= 4 is 17.7 Å². The largest absolute Gasteiger partial charge is 0.462 e. The van der Waals surface area contributed by atoms with Gasteiger partial charge in [-0.2, -0.15) is 0 Å². The normalized spacial score (nSPS) is 36.8. The van der Waals surface area contributed by atoms with Gasteiger partial charge in [-0.05, 0) is 123 Å². The first-order valence-electron chi connectivity index (χ1n) is 16.8. The summed E-state index contributed by atoms with van der Waals surface area (Å²) in [6, 6.07) is 9.07. The number of hydrogen-bond donors (Lipinski definition) is 0. The van der Waals surface area contributed by atoms with Gasteiger partial charge >= 0.3 is 11.9 Å². The molecule has 0 saturated heterocycles. The second kappa shape index (κ2) is 11.5. The SMILES string of the molecule is CC(=O)O[C@H](CCC(C)(C)OC(=O)c1ccccc1)[C@@H](C)[C@H]1CC[C@@]2(C)C3=CC(=O)[C@H]4C[C@@H](C)CC[C@]4(C)C3CC[C@]12C. The first-order chi connectivity index (χ1) is 20.1. The standard InChI is InChI=1S/C38H54O5/c1-24-14-19-36(6)29-16-21-37(7)28(15-20-38(37,8)30(29)23-32(40)31(36)22-24)25(2)33(42-26(3)39)17-18-35(4,5)43-34(41)27-12-10-9-11-13-27/h9-13,23-25,28-29,31,33H,14-22H2,1-8H3/t24-,25-,28+,29?,31+,33+,36+,37+,38-/m0/s1. The van der Waals surface area contributed by atoms with E-state index < -0.39 is 5.60 Å². The highest BCUT2D eigenvalue weighted by Crippen LogP contribution is 2.72. The van der Waals surface area contributed by atoms with Crippen LogP contribution in [0.3, 0.4) is 0 Å². The van der Waals surface area contributed by atoms with Gasteiger partial charge in [-0.3, -0.25) is 9.59 Å². The van der Waals surface area contributed by atoms with Crippen LogP contribution in [0.1, 0.15) is 124 Å². The Morgan fingerprint density at radius 1 is 1.00 bits per heavy atom. The first-order valence-corrected chi connectivity index (χ1v) is 16.8. The third kappa shape index (κ3) is 5.63. The number of ketones is 1. The van der Waals surface area contributed by atoms with E-state index >= 15 is 0 Å². The van der Waals surface area contributed by atoms with Crippen molar-refractivity contribution in [3.63, 3.8) is 0 Å². The molecule has 4 aliphatic carbocycles. The van der Waals surface area contributed by atoms with E-state index in [1.54, 1.807) is 12.1 Å². The molecule has 236 valence electrons. The monoisotopic (exact) mass is 590 g/mol. The van der Waals surface area contributed by atoms with Gasteiger partial charge in [-0.1, -0.05) is 64.8 Å². The van der Waals surface area contributed by atoms with E-state index in [-0.39, 0.29) is 46.1 Å². The maximum atomic E-state index is 13.7. The molecule has 43 heavy (non-hydrogen) atoms. The summed E-state index contributed by atoms with van der Waals surface area (Å²) >= 11 is 0. The van der Waals surface area contributed by atoms with E-state index in [4.69, 9.17) is 9.47 Å². The summed E-state index contributed by atoms with van der Waals surface area (Å²) in [5.74, 6) is 1.56. The number of carbonyl (C=O) groups excluding carboxylic acids is 3. The summed E-state index contributed by atoms with van der Waals surface area (Å²) in [5.41, 5.74) is 1.32. The minimum absolute atomic E-state index is 0.0217. The van der Waals surface area contributed by atoms with Crippen LogP contribution in [0.15, 0.2) is 42.0 Å². The average molecular weight is 591 g/mol. The fourth-order valence-corrected chi connectivity index (χ4v) is 10.1. The van der Waals surface area contributed by atoms with Crippen LogP contribution in [0.25, 0.3) is 0 Å². The van der Waals surface area contributed by atoms with Gasteiger partial charge in [0.1, 0.15) is 11.7 Å². The lowest BCUT2D eigenvalue weighted by Crippen LogP contribution is -2.55. The Bertz CT molecular complexity index is 1260. The van der Waals surface area contributed by atoms with Crippen LogP contribution in [0, 0.1) is 45.8 Å². The van der Waals surface area contributed by atoms with E-state index in [0.29, 0.717) is 41.9 Å². The Morgan fingerprint density at radius 2 is 1.70 bits per heavy atom. The molecule has 3 saturated carbocycles. The molecule has 3 fully saturated rings. The minimum Gasteiger partial charge on any atom is -0.462 e. The van der Waals surface area contributed by atoms with Crippen LogP contribution in [0.2, 0.25) is 0 Å². The average Bonchev–Trinajstić information content (AvgIpc) is 3.23. The Morgan fingerprint density at radius 3 is 2.37 bits per heavy atom. The summed E-state index contributed by atoms with van der Waals surface area (Å²) in [6.45, 7) is 17.2. The van der Waals surface area contributed by atoms with Gasteiger partial charge in [0.05, 0.1) is 5.56 Å². The fourth-order valence-electron chi connectivity index (χ4n) is 10.1. The molecular formula is C38H54O5. The van der Waals surface area contributed by atoms with Crippen molar-refractivity contribution < 1.29 is 23.9 Å². The Labute approximate surface area is 259 Å². The highest BCUT2D eigenvalue weighted by molar-refractivity contribution is 5.94. The summed E-state index contributed by atoms with van der Waals surface area (Å²) in [5, 5.41) is 0. The predicted molar refractivity (Wildman–Crippen MR) is 169 cm³/mol. The number of fused-ring (bicyclic) bond motifs is 5. The molecule has 5 nitrogen and oxygen atoms in total. The molecule has 1 aromatic carbocycles. The van der Waals surface area contributed by atoms with Crippen molar-refractivity contribution in [1.82, 2.24) is 0 Å². The fraction of sp³-hybridized carbons (Fsp3) is 0.711. The summed E-state index contributed by atoms with van der Waals surface area (Å²) < 4.78 is 12.0. The van der Waals surface area contributed by atoms with E-state index in [2.05, 4.69) is 40.7 Å². The lowest BCUT2D eigenvalue weighted by Gasteiger charge is -2.61. The van der Waals surface area contributed by atoms with Crippen molar-refractivity contribution in [2.75, 3.05) is 0 Å². The number of carbonyl (C=O) groups is 3. The summed E-state index contributed by atoms with van der Waals surface area (Å²) in [6.07, 6.45) is 10.9. The van der Waals surface area contributed by atoms with E-state index in [1.165, 1.54) is 18.9 Å². The van der Waals surface area contributed by atoms with Gasteiger partial charge in [-0.15, -0.1) is 0 Å². The molecule has 1 unspecified atom stereocenters. The lowest BCUT2D eigenvalue weighted by atomic mass is 9.43. The van der Waals surface area contributed by atoms with Gasteiger partial charge in [-0.25, -0.2) is 4.79 Å². The van der Waals surface area contributed by atoms with Crippen LogP contribution in [0.4, 0.5) is 0 Å². The number of esters is 2. The zero-order chi connectivity index (χ0) is 31.4. The zero-order valence-corrected chi connectivity index (χ0v) is 27.8. The van der Waals surface area contributed by atoms with Crippen molar-refractivity contribution in [3.8, 4) is 0 Å². The van der Waals surface area contributed by atoms with Gasteiger partial charge in [0.2, 0.25) is 0 Å². The Kier molecular flexibility index (Phi) is 8.55. The molecule has 0 aromatic heterocycles.